The first-order chi connectivity index (χ1) is 16.6. The fourth-order valence-corrected chi connectivity index (χ4v) is 5.85. The van der Waals surface area contributed by atoms with Crippen molar-refractivity contribution in [2.45, 2.75) is 20.5 Å². The summed E-state index contributed by atoms with van der Waals surface area (Å²) in [6, 6.07) is 12.7. The van der Waals surface area contributed by atoms with E-state index in [1.54, 1.807) is 30.3 Å². The molecule has 1 heterocycles. The van der Waals surface area contributed by atoms with Crippen LogP contribution in [0, 0.1) is 13.8 Å². The van der Waals surface area contributed by atoms with Crippen LogP contribution in [0.25, 0.3) is 6.08 Å². The highest BCUT2D eigenvalue weighted by Crippen LogP contribution is 2.37. The summed E-state index contributed by atoms with van der Waals surface area (Å²) in [6.45, 7) is 4.23. The number of thioether (sulfide) groups is 1. The molecule has 180 valence electrons. The van der Waals surface area contributed by atoms with Crippen LogP contribution in [0.2, 0.25) is 15.1 Å². The molecular formula is C25H17Br2Cl3N2O2S. The van der Waals surface area contributed by atoms with Crippen molar-refractivity contribution in [3.8, 4) is 5.75 Å². The Morgan fingerprint density at radius 3 is 2.40 bits per heavy atom. The molecule has 3 aromatic rings. The monoisotopic (exact) mass is 672 g/mol. The lowest BCUT2D eigenvalue weighted by Crippen LogP contribution is -2.19. The second kappa shape index (κ2) is 11.3. The summed E-state index contributed by atoms with van der Waals surface area (Å²) in [5.74, 6) is 0.260. The van der Waals surface area contributed by atoms with Gasteiger partial charge in [0.1, 0.15) is 6.61 Å². The fraction of sp³-hybridized carbons (Fsp3) is 0.120. The van der Waals surface area contributed by atoms with Gasteiger partial charge in [-0.25, -0.2) is 4.99 Å². The fourth-order valence-electron chi connectivity index (χ4n) is 3.33. The van der Waals surface area contributed by atoms with E-state index in [0.717, 1.165) is 32.4 Å². The minimum Gasteiger partial charge on any atom is -0.486 e. The lowest BCUT2D eigenvalue weighted by Gasteiger charge is -2.12. The van der Waals surface area contributed by atoms with Gasteiger partial charge in [0.25, 0.3) is 5.91 Å². The highest BCUT2D eigenvalue weighted by Gasteiger charge is 2.24. The summed E-state index contributed by atoms with van der Waals surface area (Å²) >= 11 is 27.0. The van der Waals surface area contributed by atoms with Gasteiger partial charge in [-0.2, -0.15) is 0 Å². The molecule has 0 aliphatic carbocycles. The maximum Gasteiger partial charge on any atom is 0.264 e. The van der Waals surface area contributed by atoms with Gasteiger partial charge in [0.15, 0.2) is 10.9 Å². The summed E-state index contributed by atoms with van der Waals surface area (Å²) in [5, 5.41) is 4.81. The Kier molecular flexibility index (Phi) is 8.57. The second-order valence-corrected chi connectivity index (χ2v) is 11.6. The van der Waals surface area contributed by atoms with Crippen molar-refractivity contribution < 1.29 is 9.53 Å². The summed E-state index contributed by atoms with van der Waals surface area (Å²) in [4.78, 5) is 17.6. The van der Waals surface area contributed by atoms with Crippen LogP contribution in [0.4, 0.5) is 5.69 Å². The third-order valence-corrected chi connectivity index (χ3v) is 8.63. The van der Waals surface area contributed by atoms with E-state index >= 15 is 0 Å². The van der Waals surface area contributed by atoms with Crippen molar-refractivity contribution in [2.24, 2.45) is 4.99 Å². The molecule has 1 aliphatic heterocycles. The molecule has 0 atom stereocenters. The number of aliphatic imine (C=N–C) groups is 1. The van der Waals surface area contributed by atoms with Crippen molar-refractivity contribution in [1.82, 2.24) is 5.32 Å². The van der Waals surface area contributed by atoms with Crippen LogP contribution in [0.3, 0.4) is 0 Å². The first-order valence-electron chi connectivity index (χ1n) is 10.2. The first-order valence-corrected chi connectivity index (χ1v) is 13.8. The number of amides is 1. The molecule has 0 aromatic heterocycles. The summed E-state index contributed by atoms with van der Waals surface area (Å²) in [6.07, 6.45) is 1.76. The number of nitrogens with zero attached hydrogens (tertiary/aromatic N) is 1. The average Bonchev–Trinajstić information content (AvgIpc) is 3.11. The molecule has 1 aliphatic rings. The number of ether oxygens (including phenoxy) is 1. The van der Waals surface area contributed by atoms with E-state index in [2.05, 4.69) is 42.2 Å². The standard InChI is InChI=1S/C25H17Br2Cl3N2O2S/c1-12-5-17(6-13(2)22(12)27)31-25-32-24(33)21(35-25)9-14-7-18(26)23(20(30)8-14)34-11-15-3-4-16(28)10-19(15)29/h3-10H,11H2,1-2H3,(H,31,32,33)/b21-9-. The molecule has 1 fully saturated rings. The van der Waals surface area contributed by atoms with Gasteiger partial charge < -0.3 is 10.1 Å². The predicted molar refractivity (Wildman–Crippen MR) is 154 cm³/mol. The Morgan fingerprint density at radius 2 is 1.74 bits per heavy atom. The van der Waals surface area contributed by atoms with Crippen LogP contribution in [-0.4, -0.2) is 11.1 Å². The maximum absolute atomic E-state index is 12.5. The average molecular weight is 676 g/mol. The highest BCUT2D eigenvalue weighted by atomic mass is 79.9. The van der Waals surface area contributed by atoms with Gasteiger partial charge in [-0.1, -0.05) is 56.8 Å². The number of hydrogen-bond donors (Lipinski definition) is 1. The molecule has 4 rings (SSSR count). The van der Waals surface area contributed by atoms with E-state index in [0.29, 0.717) is 35.4 Å². The second-order valence-electron chi connectivity index (χ2n) is 7.71. The lowest BCUT2D eigenvalue weighted by atomic mass is 10.1. The van der Waals surface area contributed by atoms with Crippen molar-refractivity contribution in [3.63, 3.8) is 0 Å². The Labute approximate surface area is 239 Å². The van der Waals surface area contributed by atoms with Crippen LogP contribution in [-0.2, 0) is 11.4 Å². The lowest BCUT2D eigenvalue weighted by molar-refractivity contribution is -0.115. The molecule has 0 saturated carbocycles. The van der Waals surface area contributed by atoms with Crippen LogP contribution in [0.5, 0.6) is 5.75 Å². The number of amidine groups is 1. The molecule has 0 radical (unpaired) electrons. The van der Waals surface area contributed by atoms with Crippen LogP contribution in [0.15, 0.2) is 61.3 Å². The van der Waals surface area contributed by atoms with E-state index in [4.69, 9.17) is 39.5 Å². The van der Waals surface area contributed by atoms with E-state index in [1.807, 2.05) is 32.0 Å². The Hall–Kier alpha value is -1.48. The smallest absolute Gasteiger partial charge is 0.264 e. The minimum absolute atomic E-state index is 0.218. The molecule has 35 heavy (non-hydrogen) atoms. The zero-order valence-corrected chi connectivity index (χ0v) is 24.6. The largest absolute Gasteiger partial charge is 0.486 e. The Bertz CT molecular complexity index is 1360. The summed E-state index contributed by atoms with van der Waals surface area (Å²) in [5.41, 5.74) is 4.46. The van der Waals surface area contributed by atoms with Gasteiger partial charge in [0, 0.05) is 20.1 Å². The number of nitrogens with one attached hydrogen (secondary N) is 1. The molecule has 4 nitrogen and oxygen atoms in total. The Balaban J connectivity index is 1.52. The van der Waals surface area contributed by atoms with Crippen LogP contribution < -0.4 is 10.1 Å². The zero-order valence-electron chi connectivity index (χ0n) is 18.4. The van der Waals surface area contributed by atoms with Crippen molar-refractivity contribution in [1.29, 1.82) is 0 Å². The molecule has 1 saturated heterocycles. The molecular weight excluding hydrogens is 659 g/mol. The number of carbonyl (C=O) groups excluding carboxylic acids is 1. The van der Waals surface area contributed by atoms with Crippen molar-refractivity contribution in [2.75, 3.05) is 0 Å². The number of benzene rings is 3. The first kappa shape index (κ1) is 26.6. The number of carbonyl (C=O) groups is 1. The van der Waals surface area contributed by atoms with E-state index < -0.39 is 0 Å². The van der Waals surface area contributed by atoms with Gasteiger partial charge in [0.2, 0.25) is 0 Å². The van der Waals surface area contributed by atoms with Gasteiger partial charge >= 0.3 is 0 Å². The van der Waals surface area contributed by atoms with Crippen LogP contribution >= 0.6 is 78.4 Å². The normalized spacial score (nSPS) is 15.7. The van der Waals surface area contributed by atoms with Gasteiger partial charge in [0.05, 0.1) is 20.1 Å². The zero-order chi connectivity index (χ0) is 25.3. The SMILES string of the molecule is Cc1cc(N=C2NC(=O)/C(=C/c3cc(Cl)c(OCc4ccc(Cl)cc4Cl)c(Br)c3)S2)cc(C)c1Br. The van der Waals surface area contributed by atoms with E-state index in [9.17, 15) is 4.79 Å². The van der Waals surface area contributed by atoms with Crippen LogP contribution in [0.1, 0.15) is 22.3 Å². The predicted octanol–water partition coefficient (Wildman–Crippen LogP) is 9.26. The molecule has 10 heteroatoms. The van der Waals surface area contributed by atoms with E-state index in [1.165, 1.54) is 11.8 Å². The quantitative estimate of drug-likeness (QED) is 0.275. The molecule has 1 amide bonds. The number of rotatable bonds is 5. The summed E-state index contributed by atoms with van der Waals surface area (Å²) < 4.78 is 7.60. The molecule has 0 spiro atoms. The maximum atomic E-state index is 12.5. The third-order valence-electron chi connectivity index (χ3n) is 5.01. The van der Waals surface area contributed by atoms with Gasteiger partial charge in [-0.15, -0.1) is 0 Å². The number of halogens is 5. The highest BCUT2D eigenvalue weighted by molar-refractivity contribution is 9.10. The minimum atomic E-state index is -0.218. The Morgan fingerprint density at radius 1 is 1.03 bits per heavy atom. The molecule has 0 bridgehead atoms. The number of hydrogen-bond acceptors (Lipinski definition) is 4. The van der Waals surface area contributed by atoms with Crippen molar-refractivity contribution in [3.05, 3.63) is 93.6 Å². The number of aryl methyl sites for hydroxylation is 2. The third kappa shape index (κ3) is 6.45. The van der Waals surface area contributed by atoms with Gasteiger partial charge in [-0.3, -0.25) is 4.79 Å². The van der Waals surface area contributed by atoms with Crippen molar-refractivity contribution >= 4 is 101 Å². The topological polar surface area (TPSA) is 50.7 Å². The molecule has 0 unspecified atom stereocenters. The molecule has 1 N–H and O–H groups in total. The van der Waals surface area contributed by atoms with Gasteiger partial charge in [-0.05, 0) is 101 Å². The van der Waals surface area contributed by atoms with E-state index in [-0.39, 0.29) is 12.5 Å². The summed E-state index contributed by atoms with van der Waals surface area (Å²) in [7, 11) is 0. The molecule has 3 aromatic carbocycles.